The van der Waals surface area contributed by atoms with Gasteiger partial charge in [-0.25, -0.2) is 4.39 Å². The Bertz CT molecular complexity index is 978. The van der Waals surface area contributed by atoms with Gasteiger partial charge in [0.1, 0.15) is 11.6 Å². The molecule has 3 fully saturated rings. The number of benzene rings is 2. The van der Waals surface area contributed by atoms with Gasteiger partial charge in [-0.15, -0.1) is 0 Å². The molecule has 1 spiro atoms. The zero-order valence-electron chi connectivity index (χ0n) is 16.0. The van der Waals surface area contributed by atoms with Crippen molar-refractivity contribution in [1.82, 2.24) is 10.6 Å². The first-order chi connectivity index (χ1) is 14.1. The molecule has 6 rings (SSSR count). The van der Waals surface area contributed by atoms with Gasteiger partial charge in [0.2, 0.25) is 5.91 Å². The Balaban J connectivity index is 1.30. The van der Waals surface area contributed by atoms with Crippen molar-refractivity contribution in [2.24, 2.45) is 17.8 Å². The van der Waals surface area contributed by atoms with E-state index >= 15 is 0 Å². The molecule has 3 saturated carbocycles. The number of nitrogens with one attached hydrogen (secondary N) is 2. The van der Waals surface area contributed by atoms with Gasteiger partial charge in [-0.3, -0.25) is 9.59 Å². The molecule has 4 atom stereocenters. The lowest BCUT2D eigenvalue weighted by atomic mass is 9.60. The molecule has 0 unspecified atom stereocenters. The molecular formula is C23H23FN2O3. The first-order valence-corrected chi connectivity index (χ1v) is 10.2. The normalized spacial score (nSPS) is 29.7. The Morgan fingerprint density at radius 3 is 2.76 bits per heavy atom. The molecule has 1 aliphatic heterocycles. The molecule has 2 aromatic carbocycles. The van der Waals surface area contributed by atoms with E-state index in [0.29, 0.717) is 29.7 Å². The van der Waals surface area contributed by atoms with E-state index in [1.165, 1.54) is 6.07 Å². The number of carbonyl (C=O) groups is 2. The van der Waals surface area contributed by atoms with Crippen molar-refractivity contribution in [3.8, 4) is 5.75 Å². The van der Waals surface area contributed by atoms with Crippen molar-refractivity contribution in [2.75, 3.05) is 0 Å². The predicted molar refractivity (Wildman–Crippen MR) is 104 cm³/mol. The van der Waals surface area contributed by atoms with Gasteiger partial charge in [0.05, 0.1) is 5.56 Å². The van der Waals surface area contributed by atoms with Crippen LogP contribution in [0.5, 0.6) is 5.75 Å². The van der Waals surface area contributed by atoms with Crippen LogP contribution in [-0.2, 0) is 11.3 Å². The molecule has 5 nitrogen and oxygen atoms in total. The van der Waals surface area contributed by atoms with Crippen LogP contribution in [0, 0.1) is 23.6 Å². The van der Waals surface area contributed by atoms with Crippen molar-refractivity contribution >= 4 is 11.8 Å². The van der Waals surface area contributed by atoms with Gasteiger partial charge in [0.25, 0.3) is 5.91 Å². The fourth-order valence-corrected chi connectivity index (χ4v) is 5.24. The minimum absolute atomic E-state index is 0.0414. The fraction of sp³-hybridized carbons (Fsp3) is 0.391. The zero-order valence-corrected chi connectivity index (χ0v) is 16.0. The van der Waals surface area contributed by atoms with E-state index in [1.807, 2.05) is 18.2 Å². The Kier molecular flexibility index (Phi) is 4.30. The maximum Gasteiger partial charge on any atom is 0.258 e. The lowest BCUT2D eigenvalue weighted by Gasteiger charge is -2.55. The Morgan fingerprint density at radius 1 is 1.17 bits per heavy atom. The summed E-state index contributed by atoms with van der Waals surface area (Å²) < 4.78 is 20.1. The average molecular weight is 394 g/mol. The fourth-order valence-electron chi connectivity index (χ4n) is 5.24. The summed E-state index contributed by atoms with van der Waals surface area (Å²) in [6, 6.07) is 13.8. The van der Waals surface area contributed by atoms with Gasteiger partial charge in [0.15, 0.2) is 5.72 Å². The zero-order chi connectivity index (χ0) is 20.0. The van der Waals surface area contributed by atoms with E-state index < -0.39 is 5.72 Å². The summed E-state index contributed by atoms with van der Waals surface area (Å²) in [5.41, 5.74) is 0.313. The highest BCUT2D eigenvalue weighted by Crippen LogP contribution is 2.52. The van der Waals surface area contributed by atoms with Gasteiger partial charge in [-0.05, 0) is 43.4 Å². The third-order valence-corrected chi connectivity index (χ3v) is 6.71. The Hall–Kier alpha value is -2.89. The monoisotopic (exact) mass is 394 g/mol. The molecule has 0 radical (unpaired) electrons. The molecule has 29 heavy (non-hydrogen) atoms. The first kappa shape index (κ1) is 18.2. The number of hydrogen-bond donors (Lipinski definition) is 2. The summed E-state index contributed by atoms with van der Waals surface area (Å²) in [6.45, 7) is 0.186. The van der Waals surface area contributed by atoms with Crippen molar-refractivity contribution in [3.05, 3.63) is 65.5 Å². The van der Waals surface area contributed by atoms with E-state index in [4.69, 9.17) is 4.74 Å². The third-order valence-electron chi connectivity index (χ3n) is 6.71. The molecule has 0 aromatic heterocycles. The van der Waals surface area contributed by atoms with Crippen LogP contribution in [0.2, 0.25) is 0 Å². The van der Waals surface area contributed by atoms with Crippen LogP contribution in [0.1, 0.15) is 41.6 Å². The molecule has 3 aliphatic carbocycles. The number of carbonyl (C=O) groups excluding carboxylic acids is 2. The molecular weight excluding hydrogens is 371 g/mol. The molecule has 1 heterocycles. The summed E-state index contributed by atoms with van der Waals surface area (Å²) in [5.74, 6) is 0.225. The molecule has 2 N–H and O–H groups in total. The van der Waals surface area contributed by atoms with E-state index in [-0.39, 0.29) is 41.9 Å². The van der Waals surface area contributed by atoms with E-state index in [0.717, 1.165) is 12.8 Å². The van der Waals surface area contributed by atoms with Crippen LogP contribution in [0.3, 0.4) is 0 Å². The molecule has 150 valence electrons. The van der Waals surface area contributed by atoms with Crippen molar-refractivity contribution in [3.63, 3.8) is 0 Å². The van der Waals surface area contributed by atoms with Crippen LogP contribution < -0.4 is 15.4 Å². The molecule has 2 amide bonds. The highest BCUT2D eigenvalue weighted by Gasteiger charge is 2.57. The third kappa shape index (κ3) is 3.07. The van der Waals surface area contributed by atoms with E-state index in [9.17, 15) is 14.0 Å². The summed E-state index contributed by atoms with van der Waals surface area (Å²) in [5, 5.41) is 6.00. The number of amides is 2. The quantitative estimate of drug-likeness (QED) is 0.839. The molecule has 0 saturated heterocycles. The minimum atomic E-state index is -0.726. The number of rotatable bonds is 3. The second kappa shape index (κ2) is 6.87. The lowest BCUT2D eigenvalue weighted by molar-refractivity contribution is -0.146. The van der Waals surface area contributed by atoms with E-state index in [1.54, 1.807) is 24.3 Å². The topological polar surface area (TPSA) is 67.4 Å². The largest absolute Gasteiger partial charge is 0.467 e. The minimum Gasteiger partial charge on any atom is -0.467 e. The van der Waals surface area contributed by atoms with Gasteiger partial charge in [0, 0.05) is 30.4 Å². The Labute approximate surface area is 168 Å². The van der Waals surface area contributed by atoms with Crippen LogP contribution in [0.15, 0.2) is 48.5 Å². The first-order valence-electron chi connectivity index (χ1n) is 10.2. The summed E-state index contributed by atoms with van der Waals surface area (Å²) >= 11 is 0. The maximum atomic E-state index is 13.8. The van der Waals surface area contributed by atoms with Crippen molar-refractivity contribution in [1.29, 1.82) is 0 Å². The average Bonchev–Trinajstić information content (AvgIpc) is 2.73. The smallest absolute Gasteiger partial charge is 0.258 e. The van der Waals surface area contributed by atoms with Gasteiger partial charge >= 0.3 is 0 Å². The van der Waals surface area contributed by atoms with Crippen LogP contribution in [-0.4, -0.2) is 17.5 Å². The van der Waals surface area contributed by atoms with Crippen molar-refractivity contribution < 1.29 is 18.7 Å². The molecule has 2 bridgehead atoms. The molecule has 2 aromatic rings. The van der Waals surface area contributed by atoms with Gasteiger partial charge < -0.3 is 15.4 Å². The van der Waals surface area contributed by atoms with Gasteiger partial charge in [-0.2, -0.15) is 0 Å². The molecule has 6 heteroatoms. The SMILES string of the molecule is O=C1N[C@@]2(C[C@H]3CC[C@@H]2C[C@H]3C(=O)NCc2ccccc2F)Oc2ccccc21. The number of fused-ring (bicyclic) bond motifs is 3. The molecule has 4 aliphatic rings. The highest BCUT2D eigenvalue weighted by molar-refractivity contribution is 5.98. The predicted octanol–water partition coefficient (Wildman–Crippen LogP) is 3.40. The van der Waals surface area contributed by atoms with E-state index in [2.05, 4.69) is 10.6 Å². The lowest BCUT2D eigenvalue weighted by Crippen LogP contribution is -2.66. The second-order valence-corrected chi connectivity index (χ2v) is 8.33. The van der Waals surface area contributed by atoms with Gasteiger partial charge in [-0.1, -0.05) is 30.3 Å². The maximum absolute atomic E-state index is 13.8. The number of hydrogen-bond acceptors (Lipinski definition) is 3. The van der Waals surface area contributed by atoms with Crippen LogP contribution in [0.25, 0.3) is 0 Å². The second-order valence-electron chi connectivity index (χ2n) is 8.33. The number of ether oxygens (including phenoxy) is 1. The number of halogens is 1. The highest BCUT2D eigenvalue weighted by atomic mass is 19.1. The van der Waals surface area contributed by atoms with Crippen molar-refractivity contribution in [2.45, 2.75) is 38.0 Å². The Morgan fingerprint density at radius 2 is 1.97 bits per heavy atom. The summed E-state index contributed by atoms with van der Waals surface area (Å²) in [4.78, 5) is 25.5. The number of para-hydroxylation sites is 1. The standard InChI is InChI=1S/C23H23FN2O3/c24-19-7-3-1-5-15(19)13-25-21(27)18-11-16-10-9-14(18)12-23(16)26-22(28)17-6-2-4-8-20(17)29-23/h1-8,14,16,18H,9-13H2,(H,25,27)(H,26,28)/t14-,16-,18-,23+/m1/s1. The van der Waals surface area contributed by atoms with Crippen LogP contribution in [0.4, 0.5) is 4.39 Å². The summed E-state index contributed by atoms with van der Waals surface area (Å²) in [7, 11) is 0. The van der Waals surface area contributed by atoms with Crippen LogP contribution >= 0.6 is 0 Å². The summed E-state index contributed by atoms with van der Waals surface area (Å²) in [6.07, 6.45) is 3.14.